The highest BCUT2D eigenvalue weighted by molar-refractivity contribution is 5.94. The van der Waals surface area contributed by atoms with Gasteiger partial charge in [-0.1, -0.05) is 12.1 Å². The summed E-state index contributed by atoms with van der Waals surface area (Å²) in [6, 6.07) is 12.8. The second-order valence-corrected chi connectivity index (χ2v) is 10.4. The number of amides is 1. The number of anilines is 1. The lowest BCUT2D eigenvalue weighted by atomic mass is 9.85. The summed E-state index contributed by atoms with van der Waals surface area (Å²) in [7, 11) is 0. The third-order valence-electron chi connectivity index (χ3n) is 8.33. The number of aromatic nitrogens is 2. The summed E-state index contributed by atoms with van der Waals surface area (Å²) < 4.78 is 5.54. The van der Waals surface area contributed by atoms with Gasteiger partial charge in [0.2, 0.25) is 0 Å². The van der Waals surface area contributed by atoms with E-state index in [2.05, 4.69) is 20.8 Å². The lowest BCUT2D eigenvalue weighted by molar-refractivity contribution is 0.0594. The van der Waals surface area contributed by atoms with Gasteiger partial charge in [-0.25, -0.2) is 0 Å². The van der Waals surface area contributed by atoms with Crippen LogP contribution in [0.15, 0.2) is 36.4 Å². The molecule has 5 rings (SSSR count). The minimum Gasteiger partial charge on any atom is -0.381 e. The summed E-state index contributed by atoms with van der Waals surface area (Å²) >= 11 is 0. The quantitative estimate of drug-likeness (QED) is 0.593. The maximum Gasteiger partial charge on any atom is 0.253 e. The van der Waals surface area contributed by atoms with Crippen LogP contribution in [0.1, 0.15) is 56.3 Å². The van der Waals surface area contributed by atoms with Crippen molar-refractivity contribution in [2.45, 2.75) is 58.0 Å². The van der Waals surface area contributed by atoms with Gasteiger partial charge in [0.1, 0.15) is 5.82 Å². The van der Waals surface area contributed by atoms with Gasteiger partial charge >= 0.3 is 0 Å². The Kier molecular flexibility index (Phi) is 7.63. The van der Waals surface area contributed by atoms with E-state index in [1.54, 1.807) is 0 Å². The van der Waals surface area contributed by atoms with Crippen LogP contribution >= 0.6 is 0 Å². The number of hydrogen-bond acceptors (Lipinski definition) is 6. The Bertz CT molecular complexity index is 970. The Labute approximate surface area is 209 Å². The Hall–Kier alpha value is -2.51. The molecule has 3 fully saturated rings. The largest absolute Gasteiger partial charge is 0.381 e. The van der Waals surface area contributed by atoms with E-state index in [0.29, 0.717) is 30.7 Å². The fourth-order valence-corrected chi connectivity index (χ4v) is 6.31. The molecule has 0 spiro atoms. The number of nitrogens with zero attached hydrogens (tertiary/aromatic N) is 3. The Morgan fingerprint density at radius 3 is 2.51 bits per heavy atom. The molecule has 1 aromatic carbocycles. The smallest absolute Gasteiger partial charge is 0.253 e. The summed E-state index contributed by atoms with van der Waals surface area (Å²) in [6.45, 7) is 8.45. The third-order valence-corrected chi connectivity index (χ3v) is 8.33. The van der Waals surface area contributed by atoms with Crippen molar-refractivity contribution < 1.29 is 9.53 Å². The lowest BCUT2D eigenvalue weighted by Gasteiger charge is -2.27. The fraction of sp³-hybridized carbons (Fsp3) is 0.607. The minimum atomic E-state index is 0.0682. The van der Waals surface area contributed by atoms with E-state index in [4.69, 9.17) is 4.74 Å². The first-order valence-corrected chi connectivity index (χ1v) is 13.5. The average molecular weight is 478 g/mol. The molecule has 7 heteroatoms. The van der Waals surface area contributed by atoms with E-state index in [0.717, 1.165) is 54.6 Å². The van der Waals surface area contributed by atoms with E-state index in [1.807, 2.05) is 55.1 Å². The second kappa shape index (κ2) is 11.0. The van der Waals surface area contributed by atoms with Gasteiger partial charge in [0, 0.05) is 49.5 Å². The lowest BCUT2D eigenvalue weighted by Crippen LogP contribution is -2.33. The zero-order chi connectivity index (χ0) is 24.2. The number of hydrogen-bond donors (Lipinski definition) is 2. The summed E-state index contributed by atoms with van der Waals surface area (Å²) in [4.78, 5) is 14.4. The molecule has 3 aliphatic rings. The molecule has 0 radical (unpaired) electrons. The summed E-state index contributed by atoms with van der Waals surface area (Å²) in [5.74, 6) is 3.26. The summed E-state index contributed by atoms with van der Waals surface area (Å²) in [6.07, 6.45) is 6.14. The van der Waals surface area contributed by atoms with Gasteiger partial charge in [-0.15, -0.1) is 10.2 Å². The molecule has 188 valence electrons. The highest BCUT2D eigenvalue weighted by atomic mass is 16.5. The predicted molar refractivity (Wildman–Crippen MR) is 138 cm³/mol. The molecule has 2 aliphatic heterocycles. The fourth-order valence-electron chi connectivity index (χ4n) is 6.31. The summed E-state index contributed by atoms with van der Waals surface area (Å²) in [5.41, 5.74) is 2.50. The molecule has 3 heterocycles. The molecule has 1 amide bonds. The molecule has 1 aliphatic carbocycles. The molecule has 35 heavy (non-hydrogen) atoms. The number of nitrogens with one attached hydrogen (secondary N) is 2. The SMILES string of the molecule is CCN(CC)C(=O)c1ccc(-c2ccc(N[C@H]3C[C@@H]4CN[C@@H](CC5CCOCC5)[C@H]4C3)nn2)cc1. The Morgan fingerprint density at radius 1 is 1.06 bits per heavy atom. The van der Waals surface area contributed by atoms with Crippen molar-refractivity contribution in [3.05, 3.63) is 42.0 Å². The molecule has 4 atom stereocenters. The second-order valence-electron chi connectivity index (χ2n) is 10.4. The van der Waals surface area contributed by atoms with Crippen LogP contribution in [-0.2, 0) is 4.74 Å². The molecule has 7 nitrogen and oxygen atoms in total. The number of carbonyl (C=O) groups is 1. The van der Waals surface area contributed by atoms with Crippen LogP contribution in [0.25, 0.3) is 11.3 Å². The van der Waals surface area contributed by atoms with Crippen LogP contribution in [0.5, 0.6) is 0 Å². The molecule has 2 N–H and O–H groups in total. The normalized spacial score (nSPS) is 26.5. The number of ether oxygens (including phenoxy) is 1. The first kappa shape index (κ1) is 24.2. The number of rotatable bonds is 8. The average Bonchev–Trinajstić information content (AvgIpc) is 3.47. The third kappa shape index (κ3) is 5.51. The van der Waals surface area contributed by atoms with Crippen molar-refractivity contribution in [2.24, 2.45) is 17.8 Å². The maximum absolute atomic E-state index is 12.5. The monoisotopic (exact) mass is 477 g/mol. The number of carbonyl (C=O) groups excluding carboxylic acids is 1. The van der Waals surface area contributed by atoms with Crippen LogP contribution in [0.2, 0.25) is 0 Å². The first-order chi connectivity index (χ1) is 17.1. The molecule has 1 aromatic heterocycles. The van der Waals surface area contributed by atoms with Gasteiger partial charge in [-0.3, -0.25) is 4.79 Å². The number of benzene rings is 1. The van der Waals surface area contributed by atoms with E-state index in [9.17, 15) is 4.79 Å². The van der Waals surface area contributed by atoms with E-state index < -0.39 is 0 Å². The summed E-state index contributed by atoms with van der Waals surface area (Å²) in [5, 5.41) is 16.4. The van der Waals surface area contributed by atoms with Crippen molar-refractivity contribution in [1.82, 2.24) is 20.4 Å². The van der Waals surface area contributed by atoms with Crippen molar-refractivity contribution in [2.75, 3.05) is 38.2 Å². The molecular weight excluding hydrogens is 438 g/mol. The molecule has 0 unspecified atom stereocenters. The van der Waals surface area contributed by atoms with Crippen molar-refractivity contribution in [3.63, 3.8) is 0 Å². The van der Waals surface area contributed by atoms with E-state index >= 15 is 0 Å². The highest BCUT2D eigenvalue weighted by Gasteiger charge is 2.43. The minimum absolute atomic E-state index is 0.0682. The van der Waals surface area contributed by atoms with Gasteiger partial charge in [0.15, 0.2) is 0 Å². The van der Waals surface area contributed by atoms with Crippen LogP contribution < -0.4 is 10.6 Å². The highest BCUT2D eigenvalue weighted by Crippen LogP contribution is 2.41. The van der Waals surface area contributed by atoms with Crippen LogP contribution in [-0.4, -0.2) is 65.9 Å². The van der Waals surface area contributed by atoms with Gasteiger partial charge in [0.25, 0.3) is 5.91 Å². The van der Waals surface area contributed by atoms with Crippen molar-refractivity contribution in [3.8, 4) is 11.3 Å². The van der Waals surface area contributed by atoms with Gasteiger partial charge in [0.05, 0.1) is 5.69 Å². The first-order valence-electron chi connectivity index (χ1n) is 13.5. The van der Waals surface area contributed by atoms with Crippen LogP contribution in [0.4, 0.5) is 5.82 Å². The van der Waals surface area contributed by atoms with Crippen LogP contribution in [0, 0.1) is 17.8 Å². The predicted octanol–water partition coefficient (Wildman–Crippen LogP) is 4.22. The zero-order valence-corrected chi connectivity index (χ0v) is 21.1. The molecule has 0 bridgehead atoms. The maximum atomic E-state index is 12.5. The van der Waals surface area contributed by atoms with Gasteiger partial charge in [-0.2, -0.15) is 0 Å². The van der Waals surface area contributed by atoms with E-state index in [1.165, 1.54) is 32.1 Å². The number of fused-ring (bicyclic) bond motifs is 1. The standard InChI is InChI=1S/C28H39N5O2/c1-3-33(4-2)28(34)21-7-5-20(6-8-21)25-9-10-27(32-31-25)30-23-16-22-18-29-26(24(22)17-23)15-19-11-13-35-14-12-19/h5-10,19,22-24,26,29H,3-4,11-18H2,1-2H3,(H,30,32)/t22-,23+,24+,26+/m1/s1. The zero-order valence-electron chi connectivity index (χ0n) is 21.1. The topological polar surface area (TPSA) is 79.4 Å². The Balaban J connectivity index is 1.15. The van der Waals surface area contributed by atoms with E-state index in [-0.39, 0.29) is 5.91 Å². The molecule has 2 aromatic rings. The van der Waals surface area contributed by atoms with Gasteiger partial charge < -0.3 is 20.3 Å². The van der Waals surface area contributed by atoms with Gasteiger partial charge in [-0.05, 0) is 94.5 Å². The van der Waals surface area contributed by atoms with Crippen molar-refractivity contribution in [1.29, 1.82) is 0 Å². The van der Waals surface area contributed by atoms with Crippen LogP contribution in [0.3, 0.4) is 0 Å². The molecule has 1 saturated carbocycles. The Morgan fingerprint density at radius 2 is 1.83 bits per heavy atom. The van der Waals surface area contributed by atoms with Crippen molar-refractivity contribution >= 4 is 11.7 Å². The molecule has 2 saturated heterocycles. The molecular formula is C28H39N5O2.